The lowest BCUT2D eigenvalue weighted by Gasteiger charge is -2.36. The highest BCUT2D eigenvalue weighted by atomic mass is 35.5. The van der Waals surface area contributed by atoms with Crippen LogP contribution in [0.25, 0.3) is 11.3 Å². The molecule has 0 bridgehead atoms. The molecule has 34 heavy (non-hydrogen) atoms. The van der Waals surface area contributed by atoms with Gasteiger partial charge in [0.2, 0.25) is 5.88 Å². The molecule has 0 atom stereocenters. The van der Waals surface area contributed by atoms with Crippen LogP contribution >= 0.6 is 23.2 Å². The molecule has 2 amide bonds. The number of halogens is 2. The molecule has 3 aromatic rings. The fraction of sp³-hybridized carbons (Fsp3) is 0.304. The van der Waals surface area contributed by atoms with Gasteiger partial charge in [-0.25, -0.2) is 4.98 Å². The van der Waals surface area contributed by atoms with Crippen LogP contribution in [0.1, 0.15) is 28.9 Å². The Morgan fingerprint density at radius 2 is 2.00 bits per heavy atom. The number of nitrogens with one attached hydrogen (secondary N) is 2. The first-order valence-corrected chi connectivity index (χ1v) is 11.3. The van der Waals surface area contributed by atoms with Gasteiger partial charge in [0.05, 0.1) is 24.0 Å². The smallest absolute Gasteiger partial charge is 0.271 e. The number of amides is 2. The fourth-order valence-corrected chi connectivity index (χ4v) is 4.18. The van der Waals surface area contributed by atoms with Gasteiger partial charge in [-0.3, -0.25) is 14.7 Å². The number of carbonyl (C=O) groups is 2. The average molecular weight is 504 g/mol. The van der Waals surface area contributed by atoms with E-state index in [2.05, 4.69) is 20.5 Å². The van der Waals surface area contributed by atoms with E-state index in [0.29, 0.717) is 27.2 Å². The summed E-state index contributed by atoms with van der Waals surface area (Å²) >= 11 is 12.2. The van der Waals surface area contributed by atoms with Gasteiger partial charge in [-0.05, 0) is 23.8 Å². The van der Waals surface area contributed by atoms with Crippen LogP contribution in [0.2, 0.25) is 10.0 Å². The van der Waals surface area contributed by atoms with Gasteiger partial charge in [-0.2, -0.15) is 5.10 Å². The molecule has 1 fully saturated rings. The van der Waals surface area contributed by atoms with Crippen molar-refractivity contribution in [1.82, 2.24) is 25.4 Å². The number of hydrogen-bond acceptors (Lipinski definition) is 6. The highest BCUT2D eigenvalue weighted by Gasteiger charge is 2.40. The molecular weight excluding hydrogens is 481 g/mol. The number of nitrogens with zero attached hydrogens (tertiary/aromatic N) is 3. The van der Waals surface area contributed by atoms with Crippen LogP contribution in [0.3, 0.4) is 0 Å². The minimum atomic E-state index is -1.55. The number of hydrogen-bond donors (Lipinski definition) is 3. The quantitative estimate of drug-likeness (QED) is 0.475. The van der Waals surface area contributed by atoms with Crippen LogP contribution in [0.5, 0.6) is 5.88 Å². The van der Waals surface area contributed by atoms with Crippen molar-refractivity contribution in [2.45, 2.75) is 25.0 Å². The fourth-order valence-electron chi connectivity index (χ4n) is 3.77. The second kappa shape index (κ2) is 10.0. The Bertz CT molecular complexity index is 1210. The van der Waals surface area contributed by atoms with E-state index in [4.69, 9.17) is 27.9 Å². The molecule has 9 nitrogen and oxygen atoms in total. The summed E-state index contributed by atoms with van der Waals surface area (Å²) in [6, 6.07) is 10.4. The third-order valence-electron chi connectivity index (χ3n) is 5.77. The number of benzene rings is 1. The summed E-state index contributed by atoms with van der Waals surface area (Å²) in [6.07, 6.45) is 1.69. The predicted molar refractivity (Wildman–Crippen MR) is 127 cm³/mol. The Morgan fingerprint density at radius 3 is 2.71 bits per heavy atom. The third-order valence-corrected chi connectivity index (χ3v) is 6.30. The molecule has 3 heterocycles. The zero-order valence-electron chi connectivity index (χ0n) is 18.3. The first kappa shape index (κ1) is 24.0. The average Bonchev–Trinajstić information content (AvgIpc) is 3.33. The van der Waals surface area contributed by atoms with Crippen LogP contribution in [-0.4, -0.2) is 62.8 Å². The minimum absolute atomic E-state index is 0.120. The van der Waals surface area contributed by atoms with Crippen LogP contribution in [-0.2, 0) is 11.3 Å². The van der Waals surface area contributed by atoms with Crippen molar-refractivity contribution in [3.05, 3.63) is 63.9 Å². The molecule has 178 valence electrons. The summed E-state index contributed by atoms with van der Waals surface area (Å²) in [4.78, 5) is 31.2. The van der Waals surface area contributed by atoms with Gasteiger partial charge in [0.25, 0.3) is 11.8 Å². The van der Waals surface area contributed by atoms with Gasteiger partial charge in [0, 0.05) is 49.1 Å². The topological polar surface area (TPSA) is 120 Å². The SMILES string of the molecule is COc1cc(-c2cc(C(=O)N3CCC(O)(C(=O)NCc4cccc(Cl)c4)CC3)[nH]n2)c(Cl)cn1. The van der Waals surface area contributed by atoms with E-state index in [0.717, 1.165) is 5.56 Å². The lowest BCUT2D eigenvalue weighted by Crippen LogP contribution is -2.54. The third kappa shape index (κ3) is 5.16. The number of methoxy groups -OCH3 is 1. The monoisotopic (exact) mass is 503 g/mol. The van der Waals surface area contributed by atoms with Crippen molar-refractivity contribution in [2.75, 3.05) is 20.2 Å². The van der Waals surface area contributed by atoms with Crippen molar-refractivity contribution in [1.29, 1.82) is 0 Å². The lowest BCUT2D eigenvalue weighted by molar-refractivity contribution is -0.144. The number of piperidine rings is 1. The second-order valence-corrected chi connectivity index (χ2v) is 8.85. The molecule has 11 heteroatoms. The number of H-pyrrole nitrogens is 1. The van der Waals surface area contributed by atoms with Gasteiger partial charge in [0.1, 0.15) is 11.3 Å². The maximum Gasteiger partial charge on any atom is 0.271 e. The molecule has 1 aromatic carbocycles. The van der Waals surface area contributed by atoms with E-state index in [1.807, 2.05) is 6.07 Å². The summed E-state index contributed by atoms with van der Waals surface area (Å²) in [7, 11) is 1.49. The number of rotatable bonds is 6. The molecule has 0 aliphatic carbocycles. The molecule has 2 aromatic heterocycles. The Balaban J connectivity index is 1.37. The predicted octanol–water partition coefficient (Wildman–Crippen LogP) is 3.07. The Hall–Kier alpha value is -3.14. The minimum Gasteiger partial charge on any atom is -0.481 e. The Labute approximate surface area is 206 Å². The molecule has 1 aliphatic rings. The Morgan fingerprint density at radius 1 is 1.24 bits per heavy atom. The van der Waals surface area contributed by atoms with Gasteiger partial charge >= 0.3 is 0 Å². The highest BCUT2D eigenvalue weighted by molar-refractivity contribution is 6.33. The van der Waals surface area contributed by atoms with Crippen molar-refractivity contribution >= 4 is 35.0 Å². The summed E-state index contributed by atoms with van der Waals surface area (Å²) in [5, 5.41) is 21.5. The van der Waals surface area contributed by atoms with E-state index in [-0.39, 0.29) is 44.1 Å². The number of aromatic nitrogens is 3. The number of carbonyl (C=O) groups excluding carboxylic acids is 2. The zero-order chi connectivity index (χ0) is 24.3. The standard InChI is InChI=1S/C23H23Cl2N5O4/c1-34-20-10-16(17(25)13-26-20)18-11-19(29-28-18)21(31)30-7-5-23(33,6-8-30)22(32)27-12-14-3-2-4-15(24)9-14/h2-4,9-11,13,33H,5-8,12H2,1H3,(H,27,32)(H,28,29). The van der Waals surface area contributed by atoms with Crippen molar-refractivity contribution in [3.63, 3.8) is 0 Å². The molecule has 0 spiro atoms. The van der Waals surface area contributed by atoms with E-state index in [9.17, 15) is 14.7 Å². The molecule has 4 rings (SSSR count). The van der Waals surface area contributed by atoms with E-state index >= 15 is 0 Å². The number of ether oxygens (including phenoxy) is 1. The van der Waals surface area contributed by atoms with Crippen LogP contribution in [0.4, 0.5) is 0 Å². The number of likely N-dealkylation sites (tertiary alicyclic amines) is 1. The van der Waals surface area contributed by atoms with E-state index in [1.165, 1.54) is 13.3 Å². The van der Waals surface area contributed by atoms with Gasteiger partial charge in [-0.15, -0.1) is 0 Å². The summed E-state index contributed by atoms with van der Waals surface area (Å²) < 4.78 is 5.12. The van der Waals surface area contributed by atoms with Gasteiger partial charge < -0.3 is 20.1 Å². The van der Waals surface area contributed by atoms with Crippen molar-refractivity contribution in [2.24, 2.45) is 0 Å². The first-order chi connectivity index (χ1) is 16.3. The van der Waals surface area contributed by atoms with Crippen LogP contribution in [0, 0.1) is 0 Å². The van der Waals surface area contributed by atoms with E-state index < -0.39 is 11.5 Å². The number of aromatic amines is 1. The first-order valence-electron chi connectivity index (χ1n) is 10.6. The molecule has 0 unspecified atom stereocenters. The van der Waals surface area contributed by atoms with Crippen molar-refractivity contribution < 1.29 is 19.4 Å². The molecule has 1 saturated heterocycles. The molecule has 3 N–H and O–H groups in total. The molecular formula is C23H23Cl2N5O4. The number of aliphatic hydroxyl groups is 1. The highest BCUT2D eigenvalue weighted by Crippen LogP contribution is 2.30. The molecule has 1 aliphatic heterocycles. The van der Waals surface area contributed by atoms with E-state index in [1.54, 1.807) is 35.2 Å². The Kier molecular flexibility index (Phi) is 7.06. The second-order valence-electron chi connectivity index (χ2n) is 8.01. The summed E-state index contributed by atoms with van der Waals surface area (Å²) in [6.45, 7) is 0.694. The van der Waals surface area contributed by atoms with Gasteiger partial charge in [0.15, 0.2) is 0 Å². The van der Waals surface area contributed by atoms with Gasteiger partial charge in [-0.1, -0.05) is 35.3 Å². The molecule has 0 radical (unpaired) electrons. The lowest BCUT2D eigenvalue weighted by atomic mass is 9.90. The maximum absolute atomic E-state index is 13.0. The largest absolute Gasteiger partial charge is 0.481 e. The zero-order valence-corrected chi connectivity index (χ0v) is 19.9. The normalized spacial score (nSPS) is 15.1. The van der Waals surface area contributed by atoms with Crippen LogP contribution in [0.15, 0.2) is 42.6 Å². The summed E-state index contributed by atoms with van der Waals surface area (Å²) in [5.74, 6) is -0.374. The molecule has 0 saturated carbocycles. The maximum atomic E-state index is 13.0. The van der Waals surface area contributed by atoms with Crippen LogP contribution < -0.4 is 10.1 Å². The summed E-state index contributed by atoms with van der Waals surface area (Å²) in [5.41, 5.74) is 0.614. The number of pyridine rings is 1. The van der Waals surface area contributed by atoms with Crippen molar-refractivity contribution in [3.8, 4) is 17.1 Å².